The van der Waals surface area contributed by atoms with Crippen LogP contribution in [0.25, 0.3) is 0 Å². The average molecular weight is 294 g/mol. The minimum absolute atomic E-state index is 0.290. The van der Waals surface area contributed by atoms with E-state index in [9.17, 15) is 5.11 Å². The molecular weight excluding hydrogens is 268 g/mol. The second kappa shape index (κ2) is 8.34. The van der Waals surface area contributed by atoms with Crippen LogP contribution in [0.5, 0.6) is 5.75 Å². The van der Waals surface area contributed by atoms with Crippen LogP contribution >= 0.6 is 0 Å². The molecule has 5 heteroatoms. The smallest absolute Gasteiger partial charge is 0.119 e. The SMILES string of the molecule is CN(CC(O)COc1ccc(CN)cc1)CC1CCCO1. The first-order valence-corrected chi connectivity index (χ1v) is 7.57. The number of rotatable bonds is 8. The first-order chi connectivity index (χ1) is 10.2. The van der Waals surface area contributed by atoms with E-state index in [1.165, 1.54) is 0 Å². The quantitative estimate of drug-likeness (QED) is 0.748. The molecule has 0 spiro atoms. The topological polar surface area (TPSA) is 68.0 Å². The number of nitrogens with zero attached hydrogens (tertiary/aromatic N) is 1. The lowest BCUT2D eigenvalue weighted by molar-refractivity contribution is 0.0444. The predicted molar refractivity (Wildman–Crippen MR) is 82.3 cm³/mol. The Balaban J connectivity index is 1.66. The van der Waals surface area contributed by atoms with Gasteiger partial charge in [-0.2, -0.15) is 0 Å². The molecule has 1 aromatic carbocycles. The van der Waals surface area contributed by atoms with E-state index >= 15 is 0 Å². The zero-order chi connectivity index (χ0) is 15.1. The fourth-order valence-electron chi connectivity index (χ4n) is 2.54. The van der Waals surface area contributed by atoms with Gasteiger partial charge in [-0.15, -0.1) is 0 Å². The molecule has 2 rings (SSSR count). The third-order valence-electron chi connectivity index (χ3n) is 3.66. The van der Waals surface area contributed by atoms with Crippen LogP contribution in [0.1, 0.15) is 18.4 Å². The molecule has 1 aliphatic heterocycles. The average Bonchev–Trinajstić information content (AvgIpc) is 2.98. The lowest BCUT2D eigenvalue weighted by Crippen LogP contribution is -2.37. The molecule has 1 aromatic rings. The Labute approximate surface area is 126 Å². The van der Waals surface area contributed by atoms with Gasteiger partial charge in [0.1, 0.15) is 18.5 Å². The second-order valence-electron chi connectivity index (χ2n) is 5.67. The molecule has 1 fully saturated rings. The van der Waals surface area contributed by atoms with Crippen LogP contribution in [-0.2, 0) is 11.3 Å². The standard InChI is InChI=1S/C16H26N2O3/c1-18(11-16-3-2-8-20-16)10-14(19)12-21-15-6-4-13(9-17)5-7-15/h4-7,14,16,19H,2-3,8-12,17H2,1H3. The molecule has 0 radical (unpaired) electrons. The lowest BCUT2D eigenvalue weighted by atomic mass is 10.2. The highest BCUT2D eigenvalue weighted by Crippen LogP contribution is 2.14. The van der Waals surface area contributed by atoms with E-state index in [0.717, 1.165) is 37.3 Å². The van der Waals surface area contributed by atoms with Crippen molar-refractivity contribution in [2.75, 3.05) is 33.4 Å². The highest BCUT2D eigenvalue weighted by Gasteiger charge is 2.18. The van der Waals surface area contributed by atoms with Crippen molar-refractivity contribution in [1.82, 2.24) is 4.90 Å². The van der Waals surface area contributed by atoms with Crippen molar-refractivity contribution in [2.45, 2.75) is 31.6 Å². The molecule has 2 unspecified atom stereocenters. The van der Waals surface area contributed by atoms with Crippen molar-refractivity contribution in [3.05, 3.63) is 29.8 Å². The Bertz CT molecular complexity index is 404. The molecule has 2 atom stereocenters. The third kappa shape index (κ3) is 5.63. The third-order valence-corrected chi connectivity index (χ3v) is 3.66. The molecule has 0 aromatic heterocycles. The number of benzene rings is 1. The molecule has 3 N–H and O–H groups in total. The molecule has 21 heavy (non-hydrogen) atoms. The van der Waals surface area contributed by atoms with Gasteiger partial charge in [-0.3, -0.25) is 0 Å². The van der Waals surface area contributed by atoms with Gasteiger partial charge in [0.15, 0.2) is 0 Å². The van der Waals surface area contributed by atoms with Crippen LogP contribution in [0.4, 0.5) is 0 Å². The summed E-state index contributed by atoms with van der Waals surface area (Å²) >= 11 is 0. The van der Waals surface area contributed by atoms with Crippen molar-refractivity contribution >= 4 is 0 Å². The fourth-order valence-corrected chi connectivity index (χ4v) is 2.54. The minimum Gasteiger partial charge on any atom is -0.491 e. The normalized spacial score (nSPS) is 19.9. The van der Waals surface area contributed by atoms with E-state index in [1.807, 2.05) is 31.3 Å². The minimum atomic E-state index is -0.509. The van der Waals surface area contributed by atoms with Gasteiger partial charge in [0.05, 0.1) is 6.10 Å². The summed E-state index contributed by atoms with van der Waals surface area (Å²) < 4.78 is 11.2. The maximum atomic E-state index is 10.0. The Morgan fingerprint density at radius 3 is 2.81 bits per heavy atom. The zero-order valence-corrected chi connectivity index (χ0v) is 12.7. The van der Waals surface area contributed by atoms with Gasteiger partial charge >= 0.3 is 0 Å². The molecule has 1 aliphatic rings. The second-order valence-corrected chi connectivity index (χ2v) is 5.67. The number of nitrogens with two attached hydrogens (primary N) is 1. The number of hydrogen-bond donors (Lipinski definition) is 2. The van der Waals surface area contributed by atoms with E-state index in [2.05, 4.69) is 4.90 Å². The summed E-state index contributed by atoms with van der Waals surface area (Å²) in [5.41, 5.74) is 6.62. The van der Waals surface area contributed by atoms with Gasteiger partial charge < -0.3 is 25.2 Å². The van der Waals surface area contributed by atoms with E-state index in [0.29, 0.717) is 19.2 Å². The van der Waals surface area contributed by atoms with Crippen molar-refractivity contribution in [3.63, 3.8) is 0 Å². The van der Waals surface area contributed by atoms with Crippen LogP contribution in [-0.4, -0.2) is 55.6 Å². The number of aliphatic hydroxyl groups excluding tert-OH is 1. The summed E-state index contributed by atoms with van der Waals surface area (Å²) in [6.45, 7) is 3.13. The van der Waals surface area contributed by atoms with E-state index in [1.54, 1.807) is 0 Å². The van der Waals surface area contributed by atoms with Crippen molar-refractivity contribution in [3.8, 4) is 5.75 Å². The van der Waals surface area contributed by atoms with Gasteiger partial charge in [-0.05, 0) is 37.6 Å². The Morgan fingerprint density at radius 1 is 1.43 bits per heavy atom. The maximum Gasteiger partial charge on any atom is 0.119 e. The van der Waals surface area contributed by atoms with Crippen LogP contribution < -0.4 is 10.5 Å². The highest BCUT2D eigenvalue weighted by molar-refractivity contribution is 5.27. The largest absolute Gasteiger partial charge is 0.491 e. The summed E-state index contributed by atoms with van der Waals surface area (Å²) in [5, 5.41) is 10.0. The van der Waals surface area contributed by atoms with Crippen molar-refractivity contribution in [1.29, 1.82) is 0 Å². The van der Waals surface area contributed by atoms with Crippen molar-refractivity contribution in [2.24, 2.45) is 5.73 Å². The van der Waals surface area contributed by atoms with Gasteiger partial charge in [-0.25, -0.2) is 0 Å². The Hall–Kier alpha value is -1.14. The number of hydrogen-bond acceptors (Lipinski definition) is 5. The van der Waals surface area contributed by atoms with Gasteiger partial charge in [-0.1, -0.05) is 12.1 Å². The van der Waals surface area contributed by atoms with Gasteiger partial charge in [0, 0.05) is 26.2 Å². The molecule has 1 heterocycles. The van der Waals surface area contributed by atoms with Crippen molar-refractivity contribution < 1.29 is 14.6 Å². The van der Waals surface area contributed by atoms with E-state index in [4.69, 9.17) is 15.2 Å². The molecule has 1 saturated heterocycles. The summed E-state index contributed by atoms with van der Waals surface area (Å²) in [7, 11) is 2.00. The lowest BCUT2D eigenvalue weighted by Gasteiger charge is -2.23. The molecule has 0 amide bonds. The summed E-state index contributed by atoms with van der Waals surface area (Å²) in [4.78, 5) is 2.10. The van der Waals surface area contributed by atoms with E-state index < -0.39 is 6.10 Å². The molecule has 0 bridgehead atoms. The molecule has 118 valence electrons. The monoisotopic (exact) mass is 294 g/mol. The zero-order valence-electron chi connectivity index (χ0n) is 12.7. The van der Waals surface area contributed by atoms with Crippen LogP contribution in [0.2, 0.25) is 0 Å². The molecular formula is C16H26N2O3. The first kappa shape index (κ1) is 16.2. The summed E-state index contributed by atoms with van der Waals surface area (Å²) in [5.74, 6) is 0.757. The van der Waals surface area contributed by atoms with Crippen LogP contribution in [0.15, 0.2) is 24.3 Å². The number of likely N-dealkylation sites (N-methyl/N-ethyl adjacent to an activating group) is 1. The van der Waals surface area contributed by atoms with E-state index in [-0.39, 0.29) is 6.61 Å². The number of aliphatic hydroxyl groups is 1. The first-order valence-electron chi connectivity index (χ1n) is 7.57. The number of ether oxygens (including phenoxy) is 2. The predicted octanol–water partition coefficient (Wildman–Crippen LogP) is 0.996. The molecule has 5 nitrogen and oxygen atoms in total. The van der Waals surface area contributed by atoms with Gasteiger partial charge in [0.2, 0.25) is 0 Å². The van der Waals surface area contributed by atoms with Gasteiger partial charge in [0.25, 0.3) is 0 Å². The summed E-state index contributed by atoms with van der Waals surface area (Å²) in [6, 6.07) is 7.63. The summed E-state index contributed by atoms with van der Waals surface area (Å²) in [6.07, 6.45) is 2.06. The Kier molecular flexibility index (Phi) is 6.45. The molecule has 0 saturated carbocycles. The Morgan fingerprint density at radius 2 is 2.19 bits per heavy atom. The maximum absolute atomic E-state index is 10.0. The van der Waals surface area contributed by atoms with Crippen LogP contribution in [0, 0.1) is 0 Å². The highest BCUT2D eigenvalue weighted by atomic mass is 16.5. The van der Waals surface area contributed by atoms with Crippen LogP contribution in [0.3, 0.4) is 0 Å². The molecule has 0 aliphatic carbocycles. The fraction of sp³-hybridized carbons (Fsp3) is 0.625.